The van der Waals surface area contributed by atoms with Gasteiger partial charge in [-0.05, 0) is 37.1 Å². The molecule has 2 aliphatic heterocycles. The zero-order valence-corrected chi connectivity index (χ0v) is 9.62. The summed E-state index contributed by atoms with van der Waals surface area (Å²) in [4.78, 5) is 2.30. The third kappa shape index (κ3) is 1.35. The molecule has 0 bridgehead atoms. The molecular weight excluding hydrogens is 202 g/mol. The molecular formula is C13H15NO2. The number of ether oxygens (including phenoxy) is 2. The number of hydrogen-bond donors (Lipinski definition) is 0. The Morgan fingerprint density at radius 2 is 2.00 bits per heavy atom. The molecule has 0 saturated heterocycles. The summed E-state index contributed by atoms with van der Waals surface area (Å²) in [6, 6.07) is 6.17. The molecule has 0 aromatic heterocycles. The lowest BCUT2D eigenvalue weighted by Crippen LogP contribution is -2.11. The molecule has 16 heavy (non-hydrogen) atoms. The van der Waals surface area contributed by atoms with E-state index in [0.717, 1.165) is 24.5 Å². The molecule has 0 N–H and O–H groups in total. The highest BCUT2D eigenvalue weighted by Crippen LogP contribution is 2.37. The molecule has 0 saturated carbocycles. The van der Waals surface area contributed by atoms with Crippen molar-refractivity contribution in [1.29, 1.82) is 0 Å². The monoisotopic (exact) mass is 217 g/mol. The van der Waals surface area contributed by atoms with Crippen LogP contribution in [0.1, 0.15) is 18.9 Å². The standard InChI is InChI=1S/C13H15NO2/c1-9-5-6-14(2)13(9)10-3-4-11-12(7-10)16-8-15-11/h3-4,7H,5-6,8H2,1-2H3. The van der Waals surface area contributed by atoms with Gasteiger partial charge in [-0.3, -0.25) is 0 Å². The highest BCUT2D eigenvalue weighted by Gasteiger charge is 2.20. The first-order valence-electron chi connectivity index (χ1n) is 5.56. The van der Waals surface area contributed by atoms with Crippen molar-refractivity contribution in [3.8, 4) is 11.5 Å². The van der Waals surface area contributed by atoms with Gasteiger partial charge in [0.25, 0.3) is 0 Å². The van der Waals surface area contributed by atoms with E-state index < -0.39 is 0 Å². The van der Waals surface area contributed by atoms with Crippen molar-refractivity contribution in [1.82, 2.24) is 4.90 Å². The minimum atomic E-state index is 0.340. The van der Waals surface area contributed by atoms with Crippen molar-refractivity contribution in [3.05, 3.63) is 29.3 Å². The van der Waals surface area contributed by atoms with Gasteiger partial charge in [-0.15, -0.1) is 0 Å². The largest absolute Gasteiger partial charge is 0.454 e. The maximum absolute atomic E-state index is 5.41. The second-order valence-corrected chi connectivity index (χ2v) is 4.37. The lowest BCUT2D eigenvalue weighted by molar-refractivity contribution is 0.174. The minimum Gasteiger partial charge on any atom is -0.454 e. The van der Waals surface area contributed by atoms with Crippen molar-refractivity contribution < 1.29 is 9.47 Å². The molecule has 0 spiro atoms. The fourth-order valence-corrected chi connectivity index (χ4v) is 2.40. The van der Waals surface area contributed by atoms with Gasteiger partial charge in [0.1, 0.15) is 0 Å². The smallest absolute Gasteiger partial charge is 0.231 e. The Bertz CT molecular complexity index is 465. The molecule has 3 nitrogen and oxygen atoms in total. The summed E-state index contributed by atoms with van der Waals surface area (Å²) in [5, 5.41) is 0. The highest BCUT2D eigenvalue weighted by molar-refractivity contribution is 5.71. The van der Waals surface area contributed by atoms with E-state index in [1.165, 1.54) is 16.8 Å². The van der Waals surface area contributed by atoms with Crippen LogP contribution in [-0.4, -0.2) is 25.3 Å². The summed E-state index contributed by atoms with van der Waals surface area (Å²) in [5.74, 6) is 1.71. The van der Waals surface area contributed by atoms with Crippen molar-refractivity contribution >= 4 is 5.70 Å². The Labute approximate surface area is 95.3 Å². The number of nitrogens with zero attached hydrogens (tertiary/aromatic N) is 1. The Balaban J connectivity index is 2.04. The van der Waals surface area contributed by atoms with Crippen LogP contribution in [-0.2, 0) is 0 Å². The lowest BCUT2D eigenvalue weighted by Gasteiger charge is -2.17. The number of benzene rings is 1. The van der Waals surface area contributed by atoms with Gasteiger partial charge in [0.15, 0.2) is 11.5 Å². The van der Waals surface area contributed by atoms with Crippen molar-refractivity contribution in [2.45, 2.75) is 13.3 Å². The molecule has 2 heterocycles. The molecule has 0 radical (unpaired) electrons. The number of rotatable bonds is 1. The van der Waals surface area contributed by atoms with Crippen LogP contribution in [0.2, 0.25) is 0 Å². The second-order valence-electron chi connectivity index (χ2n) is 4.37. The van der Waals surface area contributed by atoms with E-state index in [9.17, 15) is 0 Å². The van der Waals surface area contributed by atoms with E-state index in [0.29, 0.717) is 6.79 Å². The lowest BCUT2D eigenvalue weighted by atomic mass is 10.1. The number of hydrogen-bond acceptors (Lipinski definition) is 3. The maximum Gasteiger partial charge on any atom is 0.231 e. The van der Waals surface area contributed by atoms with E-state index in [1.54, 1.807) is 0 Å². The minimum absolute atomic E-state index is 0.340. The normalized spacial score (nSPS) is 18.5. The van der Waals surface area contributed by atoms with Crippen LogP contribution in [0.5, 0.6) is 11.5 Å². The predicted octanol–water partition coefficient (Wildman–Crippen LogP) is 2.48. The van der Waals surface area contributed by atoms with Gasteiger partial charge in [-0.2, -0.15) is 0 Å². The third-order valence-electron chi connectivity index (χ3n) is 3.25. The van der Waals surface area contributed by atoms with E-state index >= 15 is 0 Å². The molecule has 1 aromatic rings. The van der Waals surface area contributed by atoms with Crippen LogP contribution in [0, 0.1) is 0 Å². The Morgan fingerprint density at radius 1 is 1.19 bits per heavy atom. The number of fused-ring (bicyclic) bond motifs is 1. The zero-order chi connectivity index (χ0) is 11.1. The van der Waals surface area contributed by atoms with Crippen LogP contribution in [0.4, 0.5) is 0 Å². The van der Waals surface area contributed by atoms with Crippen LogP contribution >= 0.6 is 0 Å². The topological polar surface area (TPSA) is 21.7 Å². The highest BCUT2D eigenvalue weighted by atomic mass is 16.7. The summed E-state index contributed by atoms with van der Waals surface area (Å²) < 4.78 is 10.7. The van der Waals surface area contributed by atoms with Crippen molar-refractivity contribution in [2.24, 2.45) is 0 Å². The summed E-state index contributed by atoms with van der Waals surface area (Å²) >= 11 is 0. The Morgan fingerprint density at radius 3 is 2.75 bits per heavy atom. The van der Waals surface area contributed by atoms with E-state index in [2.05, 4.69) is 31.0 Å². The van der Waals surface area contributed by atoms with E-state index in [4.69, 9.17) is 9.47 Å². The first-order valence-corrected chi connectivity index (χ1v) is 5.56. The molecule has 84 valence electrons. The van der Waals surface area contributed by atoms with Crippen LogP contribution in [0.15, 0.2) is 23.8 Å². The van der Waals surface area contributed by atoms with E-state index in [1.807, 2.05) is 6.07 Å². The maximum atomic E-state index is 5.41. The molecule has 0 atom stereocenters. The zero-order valence-electron chi connectivity index (χ0n) is 9.62. The average Bonchev–Trinajstić information content (AvgIpc) is 2.85. The molecule has 0 amide bonds. The summed E-state index contributed by atoms with van der Waals surface area (Å²) in [6.45, 7) is 3.64. The van der Waals surface area contributed by atoms with Crippen molar-refractivity contribution in [2.75, 3.05) is 20.4 Å². The molecule has 0 fully saturated rings. The molecule has 3 rings (SSSR count). The molecule has 0 aliphatic carbocycles. The summed E-state index contributed by atoms with van der Waals surface area (Å²) in [5.41, 5.74) is 4.00. The quantitative estimate of drug-likeness (QED) is 0.721. The Hall–Kier alpha value is -1.64. The van der Waals surface area contributed by atoms with Gasteiger partial charge < -0.3 is 14.4 Å². The summed E-state index contributed by atoms with van der Waals surface area (Å²) in [6.07, 6.45) is 1.15. The Kier molecular flexibility index (Phi) is 2.06. The molecule has 3 heteroatoms. The third-order valence-corrected chi connectivity index (χ3v) is 3.25. The van der Waals surface area contributed by atoms with Crippen molar-refractivity contribution in [3.63, 3.8) is 0 Å². The first kappa shape index (κ1) is 9.58. The SMILES string of the molecule is CC1=C(c2ccc3c(c2)OCO3)N(C)CC1. The molecule has 1 aromatic carbocycles. The van der Waals surface area contributed by atoms with Gasteiger partial charge in [0.05, 0.1) is 0 Å². The predicted molar refractivity (Wildman–Crippen MR) is 62.4 cm³/mol. The van der Waals surface area contributed by atoms with Gasteiger partial charge in [0, 0.05) is 24.9 Å². The van der Waals surface area contributed by atoms with Crippen LogP contribution < -0.4 is 9.47 Å². The van der Waals surface area contributed by atoms with Gasteiger partial charge in [-0.1, -0.05) is 0 Å². The van der Waals surface area contributed by atoms with Crippen LogP contribution in [0.3, 0.4) is 0 Å². The molecule has 0 unspecified atom stereocenters. The summed E-state index contributed by atoms with van der Waals surface area (Å²) in [7, 11) is 2.14. The van der Waals surface area contributed by atoms with E-state index in [-0.39, 0.29) is 0 Å². The van der Waals surface area contributed by atoms with Gasteiger partial charge in [0.2, 0.25) is 6.79 Å². The van der Waals surface area contributed by atoms with Crippen LogP contribution in [0.25, 0.3) is 5.70 Å². The fraction of sp³-hybridized carbons (Fsp3) is 0.385. The fourth-order valence-electron chi connectivity index (χ4n) is 2.40. The molecule has 2 aliphatic rings. The second kappa shape index (κ2) is 3.44. The first-order chi connectivity index (χ1) is 7.75. The van der Waals surface area contributed by atoms with Gasteiger partial charge in [-0.25, -0.2) is 0 Å². The van der Waals surface area contributed by atoms with Gasteiger partial charge >= 0.3 is 0 Å². The average molecular weight is 217 g/mol.